The Labute approximate surface area is 73.5 Å². The largest absolute Gasteiger partial charge is 0.110 e. The minimum atomic E-state index is 0.317. The molecule has 0 aromatic heterocycles. The summed E-state index contributed by atoms with van der Waals surface area (Å²) in [5.41, 5.74) is 0.988. The van der Waals surface area contributed by atoms with Crippen molar-refractivity contribution in [3.63, 3.8) is 0 Å². The van der Waals surface area contributed by atoms with Crippen LogP contribution < -0.4 is 0 Å². The smallest absolute Gasteiger partial charge is 0.0243 e. The van der Waals surface area contributed by atoms with Gasteiger partial charge in [0, 0.05) is 0 Å². The SMILES string of the molecule is CCCCCCC(C)P(C)C. The van der Waals surface area contributed by atoms with Crippen molar-refractivity contribution in [2.24, 2.45) is 0 Å². The summed E-state index contributed by atoms with van der Waals surface area (Å²) in [6, 6.07) is 0. The summed E-state index contributed by atoms with van der Waals surface area (Å²) in [6.45, 7) is 9.45. The molecule has 0 aliphatic heterocycles. The van der Waals surface area contributed by atoms with Gasteiger partial charge in [0.2, 0.25) is 0 Å². The van der Waals surface area contributed by atoms with Crippen molar-refractivity contribution < 1.29 is 0 Å². The summed E-state index contributed by atoms with van der Waals surface area (Å²) in [6.07, 6.45) is 7.15. The lowest BCUT2D eigenvalue weighted by molar-refractivity contribution is 0.628. The van der Waals surface area contributed by atoms with Crippen LogP contribution in [0.25, 0.3) is 0 Å². The van der Waals surface area contributed by atoms with Crippen LogP contribution in [0.4, 0.5) is 0 Å². The molecule has 68 valence electrons. The van der Waals surface area contributed by atoms with Crippen molar-refractivity contribution in [1.82, 2.24) is 0 Å². The van der Waals surface area contributed by atoms with E-state index >= 15 is 0 Å². The van der Waals surface area contributed by atoms with Gasteiger partial charge in [0.05, 0.1) is 0 Å². The maximum absolute atomic E-state index is 2.40. The first-order chi connectivity index (χ1) is 5.18. The van der Waals surface area contributed by atoms with Crippen LogP contribution in [0, 0.1) is 0 Å². The summed E-state index contributed by atoms with van der Waals surface area (Å²) >= 11 is 0. The van der Waals surface area contributed by atoms with Crippen LogP contribution in [0.1, 0.15) is 46.0 Å². The average Bonchev–Trinajstić information content (AvgIpc) is 1.97. The van der Waals surface area contributed by atoms with E-state index in [1.807, 2.05) is 0 Å². The molecule has 0 saturated carbocycles. The van der Waals surface area contributed by atoms with Crippen LogP contribution in [0.5, 0.6) is 0 Å². The maximum Gasteiger partial charge on any atom is -0.0243 e. The van der Waals surface area contributed by atoms with E-state index in [1.165, 1.54) is 32.1 Å². The Kier molecular flexibility index (Phi) is 7.38. The second-order valence-corrected chi connectivity index (χ2v) is 6.47. The first-order valence-electron chi connectivity index (χ1n) is 4.85. The molecule has 0 aliphatic rings. The summed E-state index contributed by atoms with van der Waals surface area (Å²) in [5, 5.41) is 0. The molecule has 11 heavy (non-hydrogen) atoms. The first-order valence-corrected chi connectivity index (χ1v) is 7.15. The monoisotopic (exact) mass is 174 g/mol. The van der Waals surface area contributed by atoms with Gasteiger partial charge >= 0.3 is 0 Å². The highest BCUT2D eigenvalue weighted by Crippen LogP contribution is 2.34. The van der Waals surface area contributed by atoms with Crippen LogP contribution in [0.15, 0.2) is 0 Å². The summed E-state index contributed by atoms with van der Waals surface area (Å²) in [5.74, 6) is 0. The van der Waals surface area contributed by atoms with Crippen LogP contribution in [0.3, 0.4) is 0 Å². The topological polar surface area (TPSA) is 0 Å². The van der Waals surface area contributed by atoms with Gasteiger partial charge in [-0.2, -0.15) is 0 Å². The lowest BCUT2D eigenvalue weighted by Gasteiger charge is -2.15. The highest BCUT2D eigenvalue weighted by Gasteiger charge is 2.04. The lowest BCUT2D eigenvalue weighted by atomic mass is 10.1. The van der Waals surface area contributed by atoms with Gasteiger partial charge in [-0.05, 0) is 25.4 Å². The van der Waals surface area contributed by atoms with Crippen molar-refractivity contribution >= 4 is 7.92 Å². The van der Waals surface area contributed by atoms with Gasteiger partial charge < -0.3 is 0 Å². The van der Waals surface area contributed by atoms with E-state index in [4.69, 9.17) is 0 Å². The van der Waals surface area contributed by atoms with E-state index in [0.717, 1.165) is 5.66 Å². The molecule has 0 heterocycles. The van der Waals surface area contributed by atoms with Crippen LogP contribution in [-0.2, 0) is 0 Å². The third-order valence-electron chi connectivity index (χ3n) is 2.36. The van der Waals surface area contributed by atoms with E-state index in [-0.39, 0.29) is 0 Å². The van der Waals surface area contributed by atoms with Crippen molar-refractivity contribution in [2.75, 3.05) is 13.3 Å². The molecule has 0 N–H and O–H groups in total. The molecule has 0 amide bonds. The van der Waals surface area contributed by atoms with Gasteiger partial charge in [-0.3, -0.25) is 0 Å². The summed E-state index contributed by atoms with van der Waals surface area (Å²) < 4.78 is 0. The predicted molar refractivity (Wildman–Crippen MR) is 57.0 cm³/mol. The first kappa shape index (κ1) is 11.4. The molecule has 0 spiro atoms. The molecular weight excluding hydrogens is 151 g/mol. The van der Waals surface area contributed by atoms with E-state index in [0.29, 0.717) is 7.92 Å². The molecule has 0 aromatic carbocycles. The van der Waals surface area contributed by atoms with E-state index < -0.39 is 0 Å². The van der Waals surface area contributed by atoms with Gasteiger partial charge in [-0.25, -0.2) is 0 Å². The number of hydrogen-bond donors (Lipinski definition) is 0. The van der Waals surface area contributed by atoms with Crippen LogP contribution >= 0.6 is 7.92 Å². The molecule has 1 heteroatoms. The van der Waals surface area contributed by atoms with Gasteiger partial charge in [-0.1, -0.05) is 39.5 Å². The van der Waals surface area contributed by atoms with E-state index in [2.05, 4.69) is 27.2 Å². The molecule has 0 nitrogen and oxygen atoms in total. The fourth-order valence-corrected chi connectivity index (χ4v) is 1.82. The zero-order chi connectivity index (χ0) is 8.69. The third kappa shape index (κ3) is 6.81. The Hall–Kier alpha value is 0.430. The Morgan fingerprint density at radius 2 is 1.73 bits per heavy atom. The number of unbranched alkanes of at least 4 members (excludes halogenated alkanes) is 3. The molecule has 1 unspecified atom stereocenters. The van der Waals surface area contributed by atoms with E-state index in [9.17, 15) is 0 Å². The van der Waals surface area contributed by atoms with E-state index in [1.54, 1.807) is 0 Å². The second-order valence-electron chi connectivity index (χ2n) is 3.66. The lowest BCUT2D eigenvalue weighted by Crippen LogP contribution is -1.97. The van der Waals surface area contributed by atoms with Gasteiger partial charge in [-0.15, -0.1) is 7.92 Å². The highest BCUT2D eigenvalue weighted by atomic mass is 31.1. The Morgan fingerprint density at radius 3 is 2.18 bits per heavy atom. The number of hydrogen-bond acceptors (Lipinski definition) is 0. The molecule has 0 aromatic rings. The predicted octanol–water partition coefficient (Wildman–Crippen LogP) is 4.09. The average molecular weight is 174 g/mol. The second kappa shape index (κ2) is 7.10. The number of rotatable bonds is 6. The van der Waals surface area contributed by atoms with Crippen LogP contribution in [0.2, 0.25) is 0 Å². The highest BCUT2D eigenvalue weighted by molar-refractivity contribution is 7.56. The molecule has 0 aliphatic carbocycles. The van der Waals surface area contributed by atoms with Gasteiger partial charge in [0.15, 0.2) is 0 Å². The maximum atomic E-state index is 2.40. The zero-order valence-corrected chi connectivity index (χ0v) is 9.45. The molecular formula is C10H23P. The molecule has 0 fully saturated rings. The van der Waals surface area contributed by atoms with Crippen molar-refractivity contribution in [3.05, 3.63) is 0 Å². The van der Waals surface area contributed by atoms with Gasteiger partial charge in [0.25, 0.3) is 0 Å². The summed E-state index contributed by atoms with van der Waals surface area (Å²) in [7, 11) is 0.317. The molecule has 0 bridgehead atoms. The Bertz CT molecular complexity index is 78.9. The quantitative estimate of drug-likeness (QED) is 0.420. The van der Waals surface area contributed by atoms with Gasteiger partial charge in [0.1, 0.15) is 0 Å². The standard InChI is InChI=1S/C10H23P/c1-5-6-7-8-9-10(2)11(3)4/h10H,5-9H2,1-4H3. The van der Waals surface area contributed by atoms with Crippen molar-refractivity contribution in [3.8, 4) is 0 Å². The van der Waals surface area contributed by atoms with Crippen LogP contribution in [-0.4, -0.2) is 19.0 Å². The molecule has 1 atom stereocenters. The summed E-state index contributed by atoms with van der Waals surface area (Å²) in [4.78, 5) is 0. The minimum absolute atomic E-state index is 0.317. The fourth-order valence-electron chi connectivity index (χ4n) is 1.12. The normalized spacial score (nSPS) is 13.9. The fraction of sp³-hybridized carbons (Fsp3) is 1.00. The minimum Gasteiger partial charge on any atom is -0.110 e. The van der Waals surface area contributed by atoms with Crippen molar-refractivity contribution in [1.29, 1.82) is 0 Å². The zero-order valence-electron chi connectivity index (χ0n) is 8.56. The van der Waals surface area contributed by atoms with Crippen molar-refractivity contribution in [2.45, 2.75) is 51.6 Å². The Morgan fingerprint density at radius 1 is 1.09 bits per heavy atom. The molecule has 0 radical (unpaired) electrons. The third-order valence-corrected chi connectivity index (χ3v) is 4.38. The molecule has 0 saturated heterocycles. The molecule has 0 rings (SSSR count). The Balaban J connectivity index is 3.10.